The summed E-state index contributed by atoms with van der Waals surface area (Å²) in [5, 5.41) is 9.50. The molecule has 2 rings (SSSR count). The van der Waals surface area contributed by atoms with Crippen molar-refractivity contribution in [2.75, 3.05) is 13.1 Å². The Labute approximate surface area is 123 Å². The molecule has 1 aromatic rings. The Morgan fingerprint density at radius 1 is 1.50 bits per heavy atom. The normalized spacial score (nSPS) is 22.7. The van der Waals surface area contributed by atoms with Gasteiger partial charge in [0.25, 0.3) is 0 Å². The largest absolute Gasteiger partial charge is 0.393 e. The van der Waals surface area contributed by atoms with Gasteiger partial charge in [-0.1, -0.05) is 11.6 Å². The van der Waals surface area contributed by atoms with Gasteiger partial charge < -0.3 is 5.11 Å². The van der Waals surface area contributed by atoms with Crippen LogP contribution in [0.5, 0.6) is 0 Å². The lowest BCUT2D eigenvalue weighted by Crippen LogP contribution is -2.42. The zero-order chi connectivity index (χ0) is 14.9. The van der Waals surface area contributed by atoms with E-state index in [0.717, 1.165) is 18.6 Å². The number of nitrogens with zero attached hydrogens (tertiary/aromatic N) is 1. The topological polar surface area (TPSA) is 57.6 Å². The lowest BCUT2D eigenvalue weighted by molar-refractivity contribution is 0.0885. The summed E-state index contributed by atoms with van der Waals surface area (Å²) >= 11 is 5.84. The van der Waals surface area contributed by atoms with E-state index in [-0.39, 0.29) is 22.4 Å². The van der Waals surface area contributed by atoms with E-state index < -0.39 is 21.9 Å². The highest BCUT2D eigenvalue weighted by Gasteiger charge is 2.33. The second-order valence-corrected chi connectivity index (χ2v) is 7.39. The maximum absolute atomic E-state index is 13.0. The maximum atomic E-state index is 13.0. The highest BCUT2D eigenvalue weighted by Crippen LogP contribution is 2.29. The first-order valence-electron chi connectivity index (χ1n) is 6.45. The monoisotopic (exact) mass is 321 g/mol. The minimum atomic E-state index is -3.75. The summed E-state index contributed by atoms with van der Waals surface area (Å²) in [5.41, 5.74) is 0. The van der Waals surface area contributed by atoms with Crippen LogP contribution in [0, 0.1) is 11.7 Å². The lowest BCUT2D eigenvalue weighted by Gasteiger charge is -2.33. The number of aliphatic hydroxyl groups excluding tert-OH is 1. The van der Waals surface area contributed by atoms with Crippen LogP contribution in [0.25, 0.3) is 0 Å². The third-order valence-corrected chi connectivity index (χ3v) is 5.96. The van der Waals surface area contributed by atoms with Crippen molar-refractivity contribution >= 4 is 21.6 Å². The van der Waals surface area contributed by atoms with Gasteiger partial charge in [0.1, 0.15) is 10.7 Å². The van der Waals surface area contributed by atoms with E-state index in [0.29, 0.717) is 13.0 Å². The van der Waals surface area contributed by atoms with Crippen molar-refractivity contribution in [2.45, 2.75) is 30.8 Å². The van der Waals surface area contributed by atoms with Crippen LogP contribution in [-0.2, 0) is 10.0 Å². The molecule has 7 heteroatoms. The van der Waals surface area contributed by atoms with Crippen molar-refractivity contribution in [3.8, 4) is 0 Å². The molecule has 1 aliphatic rings. The Morgan fingerprint density at radius 3 is 2.80 bits per heavy atom. The molecule has 0 saturated carbocycles. The molecule has 112 valence electrons. The molecule has 0 bridgehead atoms. The predicted octanol–water partition coefficient (Wildman–Crippen LogP) is 2.26. The van der Waals surface area contributed by atoms with Gasteiger partial charge in [0.15, 0.2) is 0 Å². The summed E-state index contributed by atoms with van der Waals surface area (Å²) in [6, 6.07) is 3.25. The Bertz CT molecular complexity index is 591. The van der Waals surface area contributed by atoms with Crippen LogP contribution in [-0.4, -0.2) is 37.0 Å². The summed E-state index contributed by atoms with van der Waals surface area (Å²) in [5.74, 6) is -0.660. The van der Waals surface area contributed by atoms with Crippen LogP contribution in [0.4, 0.5) is 4.39 Å². The third kappa shape index (κ3) is 3.14. The van der Waals surface area contributed by atoms with Gasteiger partial charge in [-0.25, -0.2) is 12.8 Å². The molecule has 1 aliphatic heterocycles. The molecule has 2 atom stereocenters. The van der Waals surface area contributed by atoms with Gasteiger partial charge in [-0.3, -0.25) is 0 Å². The van der Waals surface area contributed by atoms with Crippen molar-refractivity contribution in [3.63, 3.8) is 0 Å². The Hall–Kier alpha value is -0.690. The molecule has 1 heterocycles. The van der Waals surface area contributed by atoms with E-state index in [4.69, 9.17) is 11.6 Å². The van der Waals surface area contributed by atoms with E-state index >= 15 is 0 Å². The van der Waals surface area contributed by atoms with Gasteiger partial charge in [-0.05, 0) is 43.9 Å². The highest BCUT2D eigenvalue weighted by molar-refractivity contribution is 7.89. The summed E-state index contributed by atoms with van der Waals surface area (Å²) in [6.45, 7) is 2.30. The van der Waals surface area contributed by atoms with Crippen LogP contribution in [0.2, 0.25) is 5.02 Å². The van der Waals surface area contributed by atoms with Gasteiger partial charge in [0.05, 0.1) is 11.1 Å². The average Bonchev–Trinajstić information content (AvgIpc) is 2.38. The van der Waals surface area contributed by atoms with Crippen molar-refractivity contribution in [1.82, 2.24) is 4.31 Å². The molecule has 2 unspecified atom stereocenters. The quantitative estimate of drug-likeness (QED) is 0.929. The molecule has 1 N–H and O–H groups in total. The fraction of sp³-hybridized carbons (Fsp3) is 0.538. The number of halogens is 2. The fourth-order valence-electron chi connectivity index (χ4n) is 2.41. The van der Waals surface area contributed by atoms with E-state index in [1.807, 2.05) is 0 Å². The molecule has 0 amide bonds. The summed E-state index contributed by atoms with van der Waals surface area (Å²) in [4.78, 5) is -0.0909. The first kappa shape index (κ1) is 15.7. The molecule has 0 aliphatic carbocycles. The summed E-state index contributed by atoms with van der Waals surface area (Å²) < 4.78 is 39.4. The fourth-order valence-corrected chi connectivity index (χ4v) is 4.45. The van der Waals surface area contributed by atoms with Gasteiger partial charge in [-0.2, -0.15) is 4.31 Å². The Kier molecular flexibility index (Phi) is 4.69. The third-order valence-electron chi connectivity index (χ3n) is 3.61. The minimum Gasteiger partial charge on any atom is -0.393 e. The highest BCUT2D eigenvalue weighted by atomic mass is 35.5. The van der Waals surface area contributed by atoms with Crippen molar-refractivity contribution in [1.29, 1.82) is 0 Å². The standard InChI is InChI=1S/C13H17ClFNO3S/c1-9(17)10-3-2-6-16(8-10)20(18,19)13-5-4-11(15)7-12(13)14/h4-5,7,9-10,17H,2-3,6,8H2,1H3. The number of piperidine rings is 1. The molecule has 20 heavy (non-hydrogen) atoms. The van der Waals surface area contributed by atoms with E-state index in [1.54, 1.807) is 6.92 Å². The second kappa shape index (κ2) is 5.97. The van der Waals surface area contributed by atoms with Crippen molar-refractivity contribution < 1.29 is 17.9 Å². The number of aliphatic hydroxyl groups is 1. The Morgan fingerprint density at radius 2 is 2.20 bits per heavy atom. The molecule has 0 spiro atoms. The molecule has 1 fully saturated rings. The molecule has 4 nitrogen and oxygen atoms in total. The first-order chi connectivity index (χ1) is 9.32. The lowest BCUT2D eigenvalue weighted by atomic mass is 9.95. The molecular weight excluding hydrogens is 305 g/mol. The molecule has 1 saturated heterocycles. The SMILES string of the molecule is CC(O)C1CCCN(S(=O)(=O)c2ccc(F)cc2Cl)C1. The number of hydrogen-bond acceptors (Lipinski definition) is 3. The van der Waals surface area contributed by atoms with Crippen molar-refractivity contribution in [2.24, 2.45) is 5.92 Å². The smallest absolute Gasteiger partial charge is 0.244 e. The van der Waals surface area contributed by atoms with E-state index in [2.05, 4.69) is 0 Å². The van der Waals surface area contributed by atoms with E-state index in [9.17, 15) is 17.9 Å². The van der Waals surface area contributed by atoms with Gasteiger partial charge in [-0.15, -0.1) is 0 Å². The van der Waals surface area contributed by atoms with Gasteiger partial charge in [0, 0.05) is 13.1 Å². The van der Waals surface area contributed by atoms with Gasteiger partial charge >= 0.3 is 0 Å². The zero-order valence-corrected chi connectivity index (χ0v) is 12.7. The maximum Gasteiger partial charge on any atom is 0.244 e. The number of rotatable bonds is 3. The van der Waals surface area contributed by atoms with E-state index in [1.165, 1.54) is 10.4 Å². The molecule has 1 aromatic carbocycles. The predicted molar refractivity (Wildman–Crippen MR) is 74.6 cm³/mol. The zero-order valence-electron chi connectivity index (χ0n) is 11.1. The van der Waals surface area contributed by atoms with Crippen LogP contribution in [0.15, 0.2) is 23.1 Å². The molecular formula is C13H17ClFNO3S. The first-order valence-corrected chi connectivity index (χ1v) is 8.27. The summed E-state index contributed by atoms with van der Waals surface area (Å²) in [7, 11) is -3.75. The number of benzene rings is 1. The minimum absolute atomic E-state index is 0.0854. The second-order valence-electron chi connectivity index (χ2n) is 5.08. The van der Waals surface area contributed by atoms with Crippen LogP contribution >= 0.6 is 11.6 Å². The molecule has 0 aromatic heterocycles. The van der Waals surface area contributed by atoms with Crippen molar-refractivity contribution in [3.05, 3.63) is 29.0 Å². The molecule has 0 radical (unpaired) electrons. The van der Waals surface area contributed by atoms with Crippen LogP contribution in [0.1, 0.15) is 19.8 Å². The average molecular weight is 322 g/mol. The Balaban J connectivity index is 2.30. The summed E-state index contributed by atoms with van der Waals surface area (Å²) in [6.07, 6.45) is 0.922. The van der Waals surface area contributed by atoms with Crippen LogP contribution < -0.4 is 0 Å². The number of hydrogen-bond donors (Lipinski definition) is 1. The van der Waals surface area contributed by atoms with Crippen LogP contribution in [0.3, 0.4) is 0 Å². The van der Waals surface area contributed by atoms with Gasteiger partial charge in [0.2, 0.25) is 10.0 Å². The number of sulfonamides is 1.